The second-order valence-electron chi connectivity index (χ2n) is 8.52. The maximum absolute atomic E-state index is 13.1. The largest absolute Gasteiger partial charge is 0.325 e. The van der Waals surface area contributed by atoms with E-state index in [9.17, 15) is 14.4 Å². The SMILES string of the molecule is CC(=O)N1CCc2cc(NC(=O)Cn3cnc4sc5c(c4c3=O)CCC(C)C5)ccc21. The smallest absolute Gasteiger partial charge is 0.262 e. The maximum atomic E-state index is 13.1. The molecule has 3 heterocycles. The lowest BCUT2D eigenvalue weighted by molar-refractivity contribution is -0.117. The van der Waals surface area contributed by atoms with E-state index < -0.39 is 0 Å². The van der Waals surface area contributed by atoms with E-state index in [0.29, 0.717) is 23.5 Å². The highest BCUT2D eigenvalue weighted by molar-refractivity contribution is 7.18. The number of thiophene rings is 1. The third-order valence-corrected chi connectivity index (χ3v) is 7.40. The van der Waals surface area contributed by atoms with Gasteiger partial charge in [0.25, 0.3) is 5.56 Å². The number of benzene rings is 1. The van der Waals surface area contributed by atoms with Gasteiger partial charge in [-0.1, -0.05) is 6.92 Å². The zero-order valence-electron chi connectivity index (χ0n) is 17.6. The van der Waals surface area contributed by atoms with Gasteiger partial charge >= 0.3 is 0 Å². The van der Waals surface area contributed by atoms with Crippen molar-refractivity contribution in [1.29, 1.82) is 0 Å². The molecule has 1 aliphatic carbocycles. The molecule has 1 atom stereocenters. The second-order valence-corrected chi connectivity index (χ2v) is 9.61. The molecule has 31 heavy (non-hydrogen) atoms. The summed E-state index contributed by atoms with van der Waals surface area (Å²) in [5.41, 5.74) is 3.58. The number of aryl methyl sites for hydroxylation is 1. The molecular formula is C23H24N4O3S. The number of rotatable bonds is 3. The topological polar surface area (TPSA) is 84.3 Å². The first-order chi connectivity index (χ1) is 14.9. The molecule has 0 fully saturated rings. The van der Waals surface area contributed by atoms with Gasteiger partial charge in [0.15, 0.2) is 0 Å². The lowest BCUT2D eigenvalue weighted by Crippen LogP contribution is -2.28. The van der Waals surface area contributed by atoms with Crippen molar-refractivity contribution in [3.8, 4) is 0 Å². The Labute approximate surface area is 183 Å². The van der Waals surface area contributed by atoms with Crippen molar-refractivity contribution in [1.82, 2.24) is 9.55 Å². The van der Waals surface area contributed by atoms with Crippen molar-refractivity contribution in [3.63, 3.8) is 0 Å². The first-order valence-electron chi connectivity index (χ1n) is 10.6. The Kier molecular flexibility index (Phi) is 4.89. The van der Waals surface area contributed by atoms with Gasteiger partial charge in [0.1, 0.15) is 11.4 Å². The monoisotopic (exact) mass is 436 g/mol. The summed E-state index contributed by atoms with van der Waals surface area (Å²) in [7, 11) is 0. The van der Waals surface area contributed by atoms with Crippen LogP contribution in [0.15, 0.2) is 29.3 Å². The van der Waals surface area contributed by atoms with Gasteiger partial charge in [-0.3, -0.25) is 19.0 Å². The zero-order chi connectivity index (χ0) is 21.7. The molecule has 5 rings (SSSR count). The van der Waals surface area contributed by atoms with Crippen LogP contribution in [0.5, 0.6) is 0 Å². The number of hydrogen-bond donors (Lipinski definition) is 1. The maximum Gasteiger partial charge on any atom is 0.262 e. The van der Waals surface area contributed by atoms with E-state index in [4.69, 9.17) is 0 Å². The number of amides is 2. The average Bonchev–Trinajstić information content (AvgIpc) is 3.30. The van der Waals surface area contributed by atoms with Gasteiger partial charge in [-0.15, -0.1) is 11.3 Å². The summed E-state index contributed by atoms with van der Waals surface area (Å²) < 4.78 is 1.40. The van der Waals surface area contributed by atoms with Crippen LogP contribution in [0.2, 0.25) is 0 Å². The van der Waals surface area contributed by atoms with Crippen LogP contribution in [0.1, 0.15) is 36.3 Å². The van der Waals surface area contributed by atoms with Crippen LogP contribution >= 0.6 is 11.3 Å². The third kappa shape index (κ3) is 3.54. The van der Waals surface area contributed by atoms with Crippen molar-refractivity contribution in [2.75, 3.05) is 16.8 Å². The van der Waals surface area contributed by atoms with Gasteiger partial charge in [0.05, 0.1) is 11.7 Å². The molecule has 1 aliphatic heterocycles. The Morgan fingerprint density at radius 2 is 2.13 bits per heavy atom. The van der Waals surface area contributed by atoms with Gasteiger partial charge in [0.2, 0.25) is 11.8 Å². The van der Waals surface area contributed by atoms with Crippen LogP contribution in [-0.4, -0.2) is 27.9 Å². The minimum absolute atomic E-state index is 0.0166. The van der Waals surface area contributed by atoms with Crippen molar-refractivity contribution in [3.05, 3.63) is 50.9 Å². The fourth-order valence-corrected chi connectivity index (χ4v) is 5.98. The highest BCUT2D eigenvalue weighted by atomic mass is 32.1. The standard InChI is InChI=1S/C23H24N4O3S/c1-13-3-5-17-19(9-13)31-22-21(17)23(30)26(12-24-22)11-20(29)25-16-4-6-18-15(10-16)7-8-27(18)14(2)28/h4,6,10,12-13H,3,5,7-9,11H2,1-2H3,(H,25,29). The third-order valence-electron chi connectivity index (χ3n) is 6.24. The lowest BCUT2D eigenvalue weighted by atomic mass is 9.89. The quantitative estimate of drug-likeness (QED) is 0.684. The van der Waals surface area contributed by atoms with E-state index in [0.717, 1.165) is 47.3 Å². The van der Waals surface area contributed by atoms with Crippen molar-refractivity contribution in [2.45, 2.75) is 46.1 Å². The van der Waals surface area contributed by atoms with E-state index in [1.54, 1.807) is 29.2 Å². The molecular weight excluding hydrogens is 412 g/mol. The van der Waals surface area contributed by atoms with E-state index in [2.05, 4.69) is 17.2 Å². The Morgan fingerprint density at radius 1 is 1.29 bits per heavy atom. The molecule has 2 aliphatic rings. The van der Waals surface area contributed by atoms with Crippen LogP contribution in [0.25, 0.3) is 10.2 Å². The van der Waals surface area contributed by atoms with Crippen LogP contribution in [0.4, 0.5) is 11.4 Å². The number of aromatic nitrogens is 2. The highest BCUT2D eigenvalue weighted by Gasteiger charge is 2.24. The molecule has 7 nitrogen and oxygen atoms in total. The van der Waals surface area contributed by atoms with E-state index in [1.807, 2.05) is 12.1 Å². The molecule has 1 unspecified atom stereocenters. The van der Waals surface area contributed by atoms with E-state index in [1.165, 1.54) is 15.8 Å². The Morgan fingerprint density at radius 3 is 2.94 bits per heavy atom. The number of carbonyl (C=O) groups is 2. The first kappa shape index (κ1) is 19.9. The normalized spacial score (nSPS) is 17.5. The van der Waals surface area contributed by atoms with Gasteiger partial charge in [-0.25, -0.2) is 4.98 Å². The highest BCUT2D eigenvalue weighted by Crippen LogP contribution is 2.35. The first-order valence-corrected chi connectivity index (χ1v) is 11.4. The Bertz CT molecular complexity index is 1280. The molecule has 0 spiro atoms. The van der Waals surface area contributed by atoms with Crippen molar-refractivity contribution < 1.29 is 9.59 Å². The number of anilines is 2. The van der Waals surface area contributed by atoms with Crippen LogP contribution in [0, 0.1) is 5.92 Å². The second kappa shape index (κ2) is 7.60. The molecule has 2 amide bonds. The number of carbonyl (C=O) groups excluding carboxylic acids is 2. The number of nitrogens with one attached hydrogen (secondary N) is 1. The molecule has 8 heteroatoms. The van der Waals surface area contributed by atoms with E-state index in [-0.39, 0.29) is 23.9 Å². The summed E-state index contributed by atoms with van der Waals surface area (Å²) in [5, 5.41) is 3.56. The van der Waals surface area contributed by atoms with Crippen LogP contribution in [0.3, 0.4) is 0 Å². The van der Waals surface area contributed by atoms with Crippen LogP contribution < -0.4 is 15.8 Å². The number of fused-ring (bicyclic) bond motifs is 4. The van der Waals surface area contributed by atoms with E-state index >= 15 is 0 Å². The molecule has 0 saturated carbocycles. The van der Waals surface area contributed by atoms with Crippen molar-refractivity contribution >= 4 is 44.7 Å². The minimum atomic E-state index is -0.276. The molecule has 3 aromatic rings. The van der Waals surface area contributed by atoms with Gasteiger partial charge in [-0.2, -0.15) is 0 Å². The predicted octanol–water partition coefficient (Wildman–Crippen LogP) is 3.13. The molecule has 0 radical (unpaired) electrons. The van der Waals surface area contributed by atoms with Crippen LogP contribution in [-0.2, 0) is 35.4 Å². The lowest BCUT2D eigenvalue weighted by Gasteiger charge is -2.17. The summed E-state index contributed by atoms with van der Waals surface area (Å²) in [6.07, 6.45) is 5.21. The predicted molar refractivity (Wildman–Crippen MR) is 122 cm³/mol. The molecule has 160 valence electrons. The number of hydrogen-bond acceptors (Lipinski definition) is 5. The fourth-order valence-electron chi connectivity index (χ4n) is 4.64. The molecule has 1 N–H and O–H groups in total. The fraction of sp³-hybridized carbons (Fsp3) is 0.391. The molecule has 0 bridgehead atoms. The van der Waals surface area contributed by atoms with Gasteiger partial charge in [0, 0.05) is 29.7 Å². The van der Waals surface area contributed by atoms with Crippen molar-refractivity contribution in [2.24, 2.45) is 5.92 Å². The van der Waals surface area contributed by atoms with Gasteiger partial charge < -0.3 is 10.2 Å². The number of nitrogens with zero attached hydrogens (tertiary/aromatic N) is 3. The average molecular weight is 437 g/mol. The summed E-state index contributed by atoms with van der Waals surface area (Å²) in [6.45, 7) is 4.37. The molecule has 2 aromatic heterocycles. The minimum Gasteiger partial charge on any atom is -0.325 e. The Hall–Kier alpha value is -3.00. The summed E-state index contributed by atoms with van der Waals surface area (Å²) in [5.74, 6) is 0.369. The summed E-state index contributed by atoms with van der Waals surface area (Å²) >= 11 is 1.61. The Balaban J connectivity index is 1.36. The zero-order valence-corrected chi connectivity index (χ0v) is 18.4. The van der Waals surface area contributed by atoms with Gasteiger partial charge in [-0.05, 0) is 60.9 Å². The molecule has 0 saturated heterocycles. The summed E-state index contributed by atoms with van der Waals surface area (Å²) in [4.78, 5) is 45.7. The summed E-state index contributed by atoms with van der Waals surface area (Å²) in [6, 6.07) is 5.55. The molecule has 1 aromatic carbocycles.